The molecule has 27 heavy (non-hydrogen) atoms. The van der Waals surface area contributed by atoms with Crippen molar-refractivity contribution in [3.8, 4) is 11.1 Å². The van der Waals surface area contributed by atoms with Crippen molar-refractivity contribution < 1.29 is 24.6 Å². The molecular formula is C21H23NO5. The van der Waals surface area contributed by atoms with Crippen LogP contribution in [0.1, 0.15) is 30.4 Å². The molecule has 0 radical (unpaired) electrons. The van der Waals surface area contributed by atoms with E-state index in [1.807, 2.05) is 55.5 Å². The Morgan fingerprint density at radius 3 is 2.19 bits per heavy atom. The van der Waals surface area contributed by atoms with Crippen molar-refractivity contribution in [2.45, 2.75) is 38.6 Å². The summed E-state index contributed by atoms with van der Waals surface area (Å²) in [6, 6.07) is 15.2. The van der Waals surface area contributed by atoms with Crippen LogP contribution in [0.25, 0.3) is 11.1 Å². The maximum atomic E-state index is 11.8. The van der Waals surface area contributed by atoms with Crippen LogP contribution in [-0.2, 0) is 20.8 Å². The fraction of sp³-hybridized carbons (Fsp3) is 0.286. The summed E-state index contributed by atoms with van der Waals surface area (Å²) in [7, 11) is 0. The van der Waals surface area contributed by atoms with Gasteiger partial charge in [-0.3, -0.25) is 14.4 Å². The molecule has 2 aromatic carbocycles. The van der Waals surface area contributed by atoms with E-state index in [9.17, 15) is 14.4 Å². The van der Waals surface area contributed by atoms with Gasteiger partial charge in [0.1, 0.15) is 0 Å². The number of carbonyl (C=O) groups is 3. The lowest BCUT2D eigenvalue weighted by Gasteiger charge is -2.17. The minimum atomic E-state index is -1.06. The second-order valence-corrected chi connectivity index (χ2v) is 6.47. The molecule has 6 heteroatoms. The van der Waals surface area contributed by atoms with Gasteiger partial charge >= 0.3 is 11.9 Å². The number of benzene rings is 2. The number of rotatable bonds is 9. The molecule has 2 aromatic rings. The highest BCUT2D eigenvalue weighted by atomic mass is 16.4. The predicted octanol–water partition coefficient (Wildman–Crippen LogP) is 3.03. The van der Waals surface area contributed by atoms with Crippen LogP contribution in [0, 0.1) is 6.92 Å². The van der Waals surface area contributed by atoms with E-state index in [1.165, 1.54) is 5.56 Å². The zero-order valence-electron chi connectivity index (χ0n) is 15.1. The van der Waals surface area contributed by atoms with Gasteiger partial charge in [-0.1, -0.05) is 48.5 Å². The molecule has 0 aromatic heterocycles. The fourth-order valence-corrected chi connectivity index (χ4v) is 2.91. The van der Waals surface area contributed by atoms with Crippen LogP contribution in [0.5, 0.6) is 0 Å². The lowest BCUT2D eigenvalue weighted by atomic mass is 9.97. The zero-order valence-corrected chi connectivity index (χ0v) is 15.1. The van der Waals surface area contributed by atoms with Gasteiger partial charge in [0.2, 0.25) is 5.91 Å². The van der Waals surface area contributed by atoms with E-state index in [4.69, 9.17) is 10.2 Å². The molecule has 1 atom stereocenters. The summed E-state index contributed by atoms with van der Waals surface area (Å²) in [6.07, 6.45) is -0.314. The molecule has 0 aliphatic carbocycles. The molecule has 0 heterocycles. The number of aryl methyl sites for hydroxylation is 1. The van der Waals surface area contributed by atoms with E-state index in [1.54, 1.807) is 0 Å². The van der Waals surface area contributed by atoms with E-state index in [-0.39, 0.29) is 19.3 Å². The molecule has 6 nitrogen and oxygen atoms in total. The summed E-state index contributed by atoms with van der Waals surface area (Å²) in [5, 5.41) is 20.3. The highest BCUT2D eigenvalue weighted by molar-refractivity contribution is 5.81. The van der Waals surface area contributed by atoms with Crippen molar-refractivity contribution in [2.24, 2.45) is 0 Å². The van der Waals surface area contributed by atoms with Crippen LogP contribution < -0.4 is 5.32 Å². The molecule has 142 valence electrons. The monoisotopic (exact) mass is 369 g/mol. The third kappa shape index (κ3) is 6.58. The number of aliphatic carboxylic acids is 2. The molecule has 0 aliphatic rings. The molecule has 1 amide bonds. The van der Waals surface area contributed by atoms with Crippen molar-refractivity contribution in [3.63, 3.8) is 0 Å². The first-order valence-corrected chi connectivity index (χ1v) is 8.73. The Bertz CT molecular complexity index is 814. The molecule has 3 N–H and O–H groups in total. The van der Waals surface area contributed by atoms with Gasteiger partial charge in [-0.25, -0.2) is 0 Å². The predicted molar refractivity (Wildman–Crippen MR) is 101 cm³/mol. The maximum Gasteiger partial charge on any atom is 0.305 e. The van der Waals surface area contributed by atoms with Crippen molar-refractivity contribution in [2.75, 3.05) is 0 Å². The van der Waals surface area contributed by atoms with Crippen LogP contribution in [0.15, 0.2) is 48.5 Å². The van der Waals surface area contributed by atoms with Gasteiger partial charge in [-0.2, -0.15) is 0 Å². The highest BCUT2D eigenvalue weighted by Crippen LogP contribution is 2.23. The standard InChI is InChI=1S/C21H23NO5/c1-14-4-2-3-5-18(14)16-8-6-15(7-9-16)12-17(13-21(26)27)22-19(23)10-11-20(24)25/h2-9,17H,10-13H2,1H3,(H,22,23)(H,24,25)(H,26,27). The number of carboxylic acids is 2. The first-order valence-electron chi connectivity index (χ1n) is 8.73. The number of hydrogen-bond acceptors (Lipinski definition) is 3. The molecule has 0 saturated heterocycles. The lowest BCUT2D eigenvalue weighted by molar-refractivity contribution is -0.140. The Labute approximate surface area is 157 Å². The normalized spacial score (nSPS) is 11.6. The first kappa shape index (κ1) is 20.2. The summed E-state index contributed by atoms with van der Waals surface area (Å²) >= 11 is 0. The number of carboxylic acid groups (broad SMARTS) is 2. The van der Waals surface area contributed by atoms with E-state index in [2.05, 4.69) is 5.32 Å². The third-order valence-electron chi connectivity index (χ3n) is 4.24. The Kier molecular flexibility index (Phi) is 7.11. The van der Waals surface area contributed by atoms with Gasteiger partial charge in [0.15, 0.2) is 0 Å². The van der Waals surface area contributed by atoms with Gasteiger partial charge in [0, 0.05) is 12.5 Å². The highest BCUT2D eigenvalue weighted by Gasteiger charge is 2.17. The molecular weight excluding hydrogens is 346 g/mol. The van der Waals surface area contributed by atoms with E-state index < -0.39 is 23.9 Å². The van der Waals surface area contributed by atoms with E-state index in [0.717, 1.165) is 16.7 Å². The minimum absolute atomic E-state index is 0.169. The Balaban J connectivity index is 2.06. The van der Waals surface area contributed by atoms with Gasteiger partial charge in [-0.05, 0) is 35.6 Å². The van der Waals surface area contributed by atoms with Crippen LogP contribution in [0.4, 0.5) is 0 Å². The number of amides is 1. The van der Waals surface area contributed by atoms with E-state index in [0.29, 0.717) is 6.42 Å². The average Bonchev–Trinajstić information content (AvgIpc) is 2.60. The second-order valence-electron chi connectivity index (χ2n) is 6.47. The zero-order chi connectivity index (χ0) is 19.8. The van der Waals surface area contributed by atoms with Crippen LogP contribution in [-0.4, -0.2) is 34.1 Å². The Morgan fingerprint density at radius 2 is 1.59 bits per heavy atom. The number of carbonyl (C=O) groups excluding carboxylic acids is 1. The smallest absolute Gasteiger partial charge is 0.305 e. The number of nitrogens with one attached hydrogen (secondary N) is 1. The first-order chi connectivity index (χ1) is 12.8. The molecule has 2 rings (SSSR count). The largest absolute Gasteiger partial charge is 0.481 e. The SMILES string of the molecule is Cc1ccccc1-c1ccc(CC(CC(=O)O)NC(=O)CCC(=O)O)cc1. The summed E-state index contributed by atoms with van der Waals surface area (Å²) in [5.41, 5.74) is 4.27. The van der Waals surface area contributed by atoms with Crippen molar-refractivity contribution >= 4 is 17.8 Å². The fourth-order valence-electron chi connectivity index (χ4n) is 2.91. The second kappa shape index (κ2) is 9.52. The quantitative estimate of drug-likeness (QED) is 0.630. The van der Waals surface area contributed by atoms with Crippen molar-refractivity contribution in [1.29, 1.82) is 0 Å². The molecule has 0 aliphatic heterocycles. The molecule has 0 saturated carbocycles. The van der Waals surface area contributed by atoms with Crippen LogP contribution in [0.3, 0.4) is 0 Å². The molecule has 1 unspecified atom stereocenters. The van der Waals surface area contributed by atoms with Gasteiger partial charge < -0.3 is 15.5 Å². The van der Waals surface area contributed by atoms with Gasteiger partial charge in [0.05, 0.1) is 12.8 Å². The van der Waals surface area contributed by atoms with Crippen LogP contribution >= 0.6 is 0 Å². The van der Waals surface area contributed by atoms with Crippen LogP contribution in [0.2, 0.25) is 0 Å². The molecule has 0 spiro atoms. The summed E-state index contributed by atoms with van der Waals surface area (Å²) in [6.45, 7) is 2.04. The molecule has 0 fully saturated rings. The van der Waals surface area contributed by atoms with Crippen molar-refractivity contribution in [3.05, 3.63) is 59.7 Å². The topological polar surface area (TPSA) is 104 Å². The lowest BCUT2D eigenvalue weighted by Crippen LogP contribution is -2.38. The van der Waals surface area contributed by atoms with E-state index >= 15 is 0 Å². The summed E-state index contributed by atoms with van der Waals surface area (Å²) < 4.78 is 0. The molecule has 0 bridgehead atoms. The Morgan fingerprint density at radius 1 is 0.926 bits per heavy atom. The average molecular weight is 369 g/mol. The maximum absolute atomic E-state index is 11.8. The minimum Gasteiger partial charge on any atom is -0.481 e. The Hall–Kier alpha value is -3.15. The van der Waals surface area contributed by atoms with Gasteiger partial charge in [0.25, 0.3) is 0 Å². The summed E-state index contributed by atoms with van der Waals surface area (Å²) in [5.74, 6) is -2.54. The van der Waals surface area contributed by atoms with Crippen molar-refractivity contribution in [1.82, 2.24) is 5.32 Å². The number of hydrogen-bond donors (Lipinski definition) is 3. The third-order valence-corrected chi connectivity index (χ3v) is 4.24. The van der Waals surface area contributed by atoms with Gasteiger partial charge in [-0.15, -0.1) is 0 Å². The summed E-state index contributed by atoms with van der Waals surface area (Å²) in [4.78, 5) is 33.5.